The van der Waals surface area contributed by atoms with Gasteiger partial charge in [-0.25, -0.2) is 0 Å². The summed E-state index contributed by atoms with van der Waals surface area (Å²) in [6, 6.07) is 50.5. The molecule has 0 radical (unpaired) electrons. The summed E-state index contributed by atoms with van der Waals surface area (Å²) >= 11 is 0. The van der Waals surface area contributed by atoms with Crippen molar-refractivity contribution in [1.82, 2.24) is 0 Å². The fraction of sp³-hybridized carbons (Fsp3) is 0.302. The molecule has 0 unspecified atom stereocenters. The van der Waals surface area contributed by atoms with Gasteiger partial charge in [0.25, 0.3) is 0 Å². The van der Waals surface area contributed by atoms with E-state index in [1.165, 1.54) is 0 Å². The average Bonchev–Trinajstić information content (AvgIpc) is 3.18. The Labute approximate surface area is 295 Å². The maximum atomic E-state index is 6.66. The van der Waals surface area contributed by atoms with Gasteiger partial charge in [-0.1, -0.05) is 152 Å². The van der Waals surface area contributed by atoms with E-state index >= 15 is 0 Å². The van der Waals surface area contributed by atoms with Gasteiger partial charge in [-0.2, -0.15) is 0 Å². The molecular weight excluding hydrogens is 628 g/mol. The van der Waals surface area contributed by atoms with E-state index in [2.05, 4.69) is 12.1 Å². The summed E-state index contributed by atoms with van der Waals surface area (Å²) in [5.41, 5.74) is 5.35. The number of hydrogen-bond acceptors (Lipinski definition) is 7. The standard InChI is InChI=1S/C43H46O7/c1-6-16-34(17-7-1)26-44-31-39(45-27-35-18-8-2-9-19-35)32-49-43-42(48-30-38-24-14-5-15-25-38)41(47-29-37-22-12-4-13-23-37)40(33-50-43)46-28-36-20-10-3-11-21-36/h1-25,39-43H,26-33H2/t39-,40-,41+,42-,43+/m1/s1. The van der Waals surface area contributed by atoms with Gasteiger partial charge in [-0.15, -0.1) is 0 Å². The third kappa shape index (κ3) is 11.4. The molecule has 260 valence electrons. The number of ether oxygens (including phenoxy) is 7. The van der Waals surface area contributed by atoms with Crippen LogP contribution in [-0.4, -0.2) is 50.5 Å². The molecule has 5 aromatic carbocycles. The van der Waals surface area contributed by atoms with E-state index in [9.17, 15) is 0 Å². The summed E-state index contributed by atoms with van der Waals surface area (Å²) in [6.45, 7) is 2.95. The lowest BCUT2D eigenvalue weighted by molar-refractivity contribution is -0.304. The summed E-state index contributed by atoms with van der Waals surface area (Å²) in [5.74, 6) is 0. The van der Waals surface area contributed by atoms with E-state index in [0.717, 1.165) is 27.8 Å². The van der Waals surface area contributed by atoms with Crippen molar-refractivity contribution in [2.24, 2.45) is 0 Å². The first-order chi connectivity index (χ1) is 24.8. The topological polar surface area (TPSA) is 64.6 Å². The van der Waals surface area contributed by atoms with Crippen molar-refractivity contribution < 1.29 is 33.2 Å². The van der Waals surface area contributed by atoms with Crippen LogP contribution in [0.25, 0.3) is 0 Å². The second kappa shape index (κ2) is 19.9. The van der Waals surface area contributed by atoms with Gasteiger partial charge in [0.2, 0.25) is 0 Å². The zero-order valence-corrected chi connectivity index (χ0v) is 28.3. The van der Waals surface area contributed by atoms with Gasteiger partial charge in [0.1, 0.15) is 24.4 Å². The molecule has 50 heavy (non-hydrogen) atoms. The number of hydrogen-bond donors (Lipinski definition) is 0. The van der Waals surface area contributed by atoms with Crippen molar-refractivity contribution in [3.05, 3.63) is 179 Å². The van der Waals surface area contributed by atoms with Crippen molar-refractivity contribution in [3.63, 3.8) is 0 Å². The summed E-state index contributed by atoms with van der Waals surface area (Å²) in [5, 5.41) is 0. The third-order valence-corrected chi connectivity index (χ3v) is 8.45. The molecule has 1 fully saturated rings. The van der Waals surface area contributed by atoms with Gasteiger partial charge in [-0.05, 0) is 27.8 Å². The Morgan fingerprint density at radius 1 is 0.440 bits per heavy atom. The molecule has 0 saturated carbocycles. The van der Waals surface area contributed by atoms with Crippen molar-refractivity contribution >= 4 is 0 Å². The van der Waals surface area contributed by atoms with Gasteiger partial charge in [0, 0.05) is 0 Å². The highest BCUT2D eigenvalue weighted by atomic mass is 16.7. The molecule has 1 heterocycles. The Hall–Kier alpha value is -4.18. The van der Waals surface area contributed by atoms with Crippen LogP contribution in [0.1, 0.15) is 27.8 Å². The fourth-order valence-corrected chi connectivity index (χ4v) is 5.74. The predicted octanol–water partition coefficient (Wildman–Crippen LogP) is 7.92. The van der Waals surface area contributed by atoms with Crippen LogP contribution in [0.2, 0.25) is 0 Å². The van der Waals surface area contributed by atoms with Gasteiger partial charge < -0.3 is 33.2 Å². The molecule has 6 rings (SSSR count). The molecule has 7 heteroatoms. The average molecular weight is 675 g/mol. The third-order valence-electron chi connectivity index (χ3n) is 8.45. The Morgan fingerprint density at radius 3 is 1.36 bits per heavy atom. The SMILES string of the molecule is c1ccc(COC[C@H](CO[C@H]2OC[C@@H](OCc3ccccc3)[C@H](OCc3ccccc3)[C@H]2OCc2ccccc2)OCc2ccccc2)cc1. The summed E-state index contributed by atoms with van der Waals surface area (Å²) < 4.78 is 45.2. The minimum atomic E-state index is -0.729. The van der Waals surface area contributed by atoms with Crippen LogP contribution in [0.3, 0.4) is 0 Å². The highest BCUT2D eigenvalue weighted by Crippen LogP contribution is 2.28. The molecule has 0 N–H and O–H groups in total. The molecule has 0 amide bonds. The van der Waals surface area contributed by atoms with E-state index in [1.54, 1.807) is 0 Å². The second-order valence-electron chi connectivity index (χ2n) is 12.3. The Kier molecular flexibility index (Phi) is 14.2. The van der Waals surface area contributed by atoms with Gasteiger partial charge >= 0.3 is 0 Å². The molecular formula is C43H46O7. The van der Waals surface area contributed by atoms with E-state index in [4.69, 9.17) is 33.2 Å². The number of benzene rings is 5. The predicted molar refractivity (Wildman–Crippen MR) is 192 cm³/mol. The van der Waals surface area contributed by atoms with Gasteiger partial charge in [0.05, 0.1) is 52.9 Å². The lowest BCUT2D eigenvalue weighted by Crippen LogP contribution is -2.57. The Balaban J connectivity index is 1.18. The maximum Gasteiger partial charge on any atom is 0.186 e. The van der Waals surface area contributed by atoms with Gasteiger partial charge in [0.15, 0.2) is 6.29 Å². The quantitative estimate of drug-likeness (QED) is 0.0882. The lowest BCUT2D eigenvalue weighted by Gasteiger charge is -2.42. The molecule has 0 spiro atoms. The Bertz CT molecular complexity index is 1610. The largest absolute Gasteiger partial charge is 0.374 e. The zero-order chi connectivity index (χ0) is 34.1. The highest BCUT2D eigenvalue weighted by Gasteiger charge is 2.44. The maximum absolute atomic E-state index is 6.66. The summed E-state index contributed by atoms with van der Waals surface area (Å²) in [6.07, 6.45) is -2.53. The van der Waals surface area contributed by atoms with Crippen LogP contribution in [0.4, 0.5) is 0 Å². The first kappa shape index (κ1) is 35.6. The first-order valence-electron chi connectivity index (χ1n) is 17.3. The molecule has 1 aliphatic rings. The minimum absolute atomic E-state index is 0.235. The Morgan fingerprint density at radius 2 is 0.860 bits per heavy atom. The van der Waals surface area contributed by atoms with E-state index < -0.39 is 18.5 Å². The van der Waals surface area contributed by atoms with Crippen LogP contribution in [0, 0.1) is 0 Å². The van der Waals surface area contributed by atoms with E-state index in [-0.39, 0.29) is 25.4 Å². The highest BCUT2D eigenvalue weighted by molar-refractivity contribution is 5.17. The van der Waals surface area contributed by atoms with Crippen LogP contribution >= 0.6 is 0 Å². The summed E-state index contributed by atoms with van der Waals surface area (Å²) in [4.78, 5) is 0. The molecule has 0 aliphatic carbocycles. The van der Waals surface area contributed by atoms with Crippen LogP contribution in [0.5, 0.6) is 0 Å². The van der Waals surface area contributed by atoms with Crippen molar-refractivity contribution in [3.8, 4) is 0 Å². The molecule has 5 atom stereocenters. The molecule has 1 saturated heterocycles. The summed E-state index contributed by atoms with van der Waals surface area (Å²) in [7, 11) is 0. The van der Waals surface area contributed by atoms with Crippen molar-refractivity contribution in [2.75, 3.05) is 19.8 Å². The van der Waals surface area contributed by atoms with Crippen molar-refractivity contribution in [2.45, 2.75) is 63.7 Å². The fourth-order valence-electron chi connectivity index (χ4n) is 5.74. The molecule has 0 aromatic heterocycles. The normalized spacial score (nSPS) is 19.6. The second-order valence-corrected chi connectivity index (χ2v) is 12.3. The minimum Gasteiger partial charge on any atom is -0.374 e. The monoisotopic (exact) mass is 674 g/mol. The molecule has 0 bridgehead atoms. The van der Waals surface area contributed by atoms with Gasteiger partial charge in [-0.3, -0.25) is 0 Å². The molecule has 5 aromatic rings. The first-order valence-corrected chi connectivity index (χ1v) is 17.3. The van der Waals surface area contributed by atoms with Crippen LogP contribution in [0.15, 0.2) is 152 Å². The van der Waals surface area contributed by atoms with E-state index in [1.807, 2.05) is 140 Å². The lowest BCUT2D eigenvalue weighted by atomic mass is 10.0. The van der Waals surface area contributed by atoms with Crippen LogP contribution < -0.4 is 0 Å². The molecule has 1 aliphatic heterocycles. The zero-order valence-electron chi connectivity index (χ0n) is 28.3. The van der Waals surface area contributed by atoms with Crippen LogP contribution in [-0.2, 0) is 66.2 Å². The van der Waals surface area contributed by atoms with E-state index in [0.29, 0.717) is 39.6 Å². The molecule has 7 nitrogen and oxygen atoms in total. The smallest absolute Gasteiger partial charge is 0.186 e. The van der Waals surface area contributed by atoms with Crippen molar-refractivity contribution in [1.29, 1.82) is 0 Å². The number of rotatable bonds is 19.